The molecule has 0 bridgehead atoms. The number of benzene rings is 1. The van der Waals surface area contributed by atoms with Crippen LogP contribution in [0.1, 0.15) is 11.4 Å². The van der Waals surface area contributed by atoms with Crippen LogP contribution in [0.2, 0.25) is 10.0 Å². The number of hydrogen-bond donors (Lipinski definition) is 3. The number of nitrogens with zero attached hydrogens (tertiary/aromatic N) is 3. The van der Waals surface area contributed by atoms with Crippen LogP contribution in [0, 0.1) is 0 Å². The van der Waals surface area contributed by atoms with Gasteiger partial charge in [-0.1, -0.05) is 23.2 Å². The summed E-state index contributed by atoms with van der Waals surface area (Å²) in [6, 6.07) is 1.62. The van der Waals surface area contributed by atoms with Crippen LogP contribution in [0.5, 0.6) is 5.75 Å². The van der Waals surface area contributed by atoms with Crippen LogP contribution in [-0.4, -0.2) is 25.0 Å². The quantitative estimate of drug-likeness (QED) is 0.672. The fourth-order valence-corrected chi connectivity index (χ4v) is 2.35. The molecule has 0 aliphatic heterocycles. The van der Waals surface area contributed by atoms with Gasteiger partial charge in [-0.15, -0.1) is 0 Å². The third-order valence-electron chi connectivity index (χ3n) is 3.02. The van der Waals surface area contributed by atoms with Gasteiger partial charge in [0.25, 0.3) is 0 Å². The van der Waals surface area contributed by atoms with Crippen LogP contribution in [0.3, 0.4) is 0 Å². The number of nitrogen functional groups attached to an aromatic ring is 1. The molecule has 114 valence electrons. The first kappa shape index (κ1) is 14.8. The lowest BCUT2D eigenvalue weighted by atomic mass is 10.3. The van der Waals surface area contributed by atoms with Gasteiger partial charge in [0, 0.05) is 11.8 Å². The van der Waals surface area contributed by atoms with Crippen molar-refractivity contribution in [2.24, 2.45) is 0 Å². The molecule has 2 heterocycles. The second kappa shape index (κ2) is 5.96. The van der Waals surface area contributed by atoms with Gasteiger partial charge in [0.15, 0.2) is 5.75 Å². The Morgan fingerprint density at radius 2 is 2.18 bits per heavy atom. The number of imidazole rings is 1. The highest BCUT2D eigenvalue weighted by molar-refractivity contribution is 6.44. The number of aliphatic hydroxyl groups is 1. The fourth-order valence-electron chi connectivity index (χ4n) is 1.95. The molecule has 0 spiro atoms. The largest absolute Gasteiger partial charge is 0.485 e. The highest BCUT2D eigenvalue weighted by atomic mass is 35.5. The number of nitrogens with one attached hydrogen (secondary N) is 1. The standard InChI is InChI=1S/C13H11Cl2N5O2/c14-7-1-8-11(20-9(3-21)19-8)12(10(7)15)22-4-6-2-17-5-18-13(6)16/h1-2,5,21H,3-4H2,(H,19,20)(H2,16,17,18). The van der Waals surface area contributed by atoms with Crippen molar-refractivity contribution in [1.82, 2.24) is 19.9 Å². The predicted octanol–water partition coefficient (Wildman–Crippen LogP) is 2.31. The first-order chi connectivity index (χ1) is 10.6. The fraction of sp³-hybridized carbons (Fsp3) is 0.154. The monoisotopic (exact) mass is 339 g/mol. The van der Waals surface area contributed by atoms with Crippen molar-refractivity contribution in [1.29, 1.82) is 0 Å². The van der Waals surface area contributed by atoms with Crippen molar-refractivity contribution in [2.75, 3.05) is 5.73 Å². The SMILES string of the molecule is Nc1ncncc1COc1c(Cl)c(Cl)cc2[nH]c(CO)nc12. The van der Waals surface area contributed by atoms with Crippen LogP contribution in [0.15, 0.2) is 18.6 Å². The van der Waals surface area contributed by atoms with E-state index >= 15 is 0 Å². The molecular weight excluding hydrogens is 329 g/mol. The van der Waals surface area contributed by atoms with Crippen molar-refractivity contribution >= 4 is 40.1 Å². The van der Waals surface area contributed by atoms with Crippen LogP contribution in [0.4, 0.5) is 5.82 Å². The van der Waals surface area contributed by atoms with Crippen LogP contribution < -0.4 is 10.5 Å². The first-order valence-electron chi connectivity index (χ1n) is 6.24. The number of nitrogens with two attached hydrogens (primary N) is 1. The molecule has 0 aliphatic rings. The van der Waals surface area contributed by atoms with E-state index < -0.39 is 0 Å². The Kier molecular flexibility index (Phi) is 4.02. The van der Waals surface area contributed by atoms with E-state index in [-0.39, 0.29) is 18.2 Å². The van der Waals surface area contributed by atoms with Crippen molar-refractivity contribution < 1.29 is 9.84 Å². The smallest absolute Gasteiger partial charge is 0.167 e. The summed E-state index contributed by atoms with van der Waals surface area (Å²) in [5.74, 6) is 1.02. The molecule has 1 aromatic carbocycles. The van der Waals surface area contributed by atoms with Crippen molar-refractivity contribution in [3.63, 3.8) is 0 Å². The molecule has 0 unspecified atom stereocenters. The normalized spacial score (nSPS) is 11.0. The van der Waals surface area contributed by atoms with Gasteiger partial charge < -0.3 is 20.6 Å². The summed E-state index contributed by atoms with van der Waals surface area (Å²) in [5, 5.41) is 9.73. The average molecular weight is 340 g/mol. The minimum absolute atomic E-state index is 0.114. The number of ether oxygens (including phenoxy) is 1. The lowest BCUT2D eigenvalue weighted by Crippen LogP contribution is -2.03. The number of anilines is 1. The number of fused-ring (bicyclic) bond motifs is 1. The molecule has 2 aromatic heterocycles. The molecule has 0 radical (unpaired) electrons. The van der Waals surface area contributed by atoms with Crippen LogP contribution in [-0.2, 0) is 13.2 Å². The minimum atomic E-state index is -0.233. The number of hydrogen-bond acceptors (Lipinski definition) is 6. The third kappa shape index (κ3) is 2.66. The van der Waals surface area contributed by atoms with Gasteiger partial charge >= 0.3 is 0 Å². The molecule has 0 amide bonds. The van der Waals surface area contributed by atoms with Crippen molar-refractivity contribution in [3.05, 3.63) is 40.0 Å². The zero-order valence-electron chi connectivity index (χ0n) is 11.2. The van der Waals surface area contributed by atoms with E-state index in [1.54, 1.807) is 12.3 Å². The molecule has 0 fully saturated rings. The summed E-state index contributed by atoms with van der Waals surface area (Å²) in [6.45, 7) is -0.119. The minimum Gasteiger partial charge on any atom is -0.485 e. The maximum Gasteiger partial charge on any atom is 0.167 e. The van der Waals surface area contributed by atoms with Crippen molar-refractivity contribution in [2.45, 2.75) is 13.2 Å². The number of aromatic nitrogens is 4. The molecule has 9 heteroatoms. The molecule has 22 heavy (non-hydrogen) atoms. The van der Waals surface area contributed by atoms with Gasteiger partial charge in [-0.25, -0.2) is 15.0 Å². The molecule has 0 saturated carbocycles. The Morgan fingerprint density at radius 1 is 1.36 bits per heavy atom. The lowest BCUT2D eigenvalue weighted by molar-refractivity contribution is 0.273. The van der Waals surface area contributed by atoms with E-state index in [9.17, 15) is 5.11 Å². The zero-order valence-corrected chi connectivity index (χ0v) is 12.7. The van der Waals surface area contributed by atoms with Gasteiger partial charge in [0.05, 0.1) is 10.5 Å². The zero-order chi connectivity index (χ0) is 15.7. The van der Waals surface area contributed by atoms with E-state index in [4.69, 9.17) is 33.7 Å². The summed E-state index contributed by atoms with van der Waals surface area (Å²) in [6.07, 6.45) is 2.91. The Balaban J connectivity index is 2.00. The number of aliphatic hydroxyl groups excluding tert-OH is 1. The maximum atomic E-state index is 9.18. The summed E-state index contributed by atoms with van der Waals surface area (Å²) in [5.41, 5.74) is 7.46. The number of rotatable bonds is 4. The molecule has 3 rings (SSSR count). The van der Waals surface area contributed by atoms with Crippen LogP contribution in [0.25, 0.3) is 11.0 Å². The topological polar surface area (TPSA) is 110 Å². The highest BCUT2D eigenvalue weighted by Crippen LogP contribution is 2.38. The van der Waals surface area contributed by atoms with Gasteiger partial charge in [-0.05, 0) is 6.07 Å². The molecular formula is C13H11Cl2N5O2. The summed E-state index contributed by atoms with van der Waals surface area (Å²) in [4.78, 5) is 14.9. The van der Waals surface area contributed by atoms with Gasteiger partial charge in [0.2, 0.25) is 0 Å². The molecule has 3 aromatic rings. The molecule has 7 nitrogen and oxygen atoms in total. The third-order valence-corrected chi connectivity index (χ3v) is 3.79. The first-order valence-corrected chi connectivity index (χ1v) is 7.00. The van der Waals surface area contributed by atoms with E-state index in [0.717, 1.165) is 0 Å². The van der Waals surface area contributed by atoms with E-state index in [1.165, 1.54) is 6.33 Å². The van der Waals surface area contributed by atoms with Crippen molar-refractivity contribution in [3.8, 4) is 5.75 Å². The summed E-state index contributed by atoms with van der Waals surface area (Å²) >= 11 is 12.3. The van der Waals surface area contributed by atoms with E-state index in [1.807, 2.05) is 0 Å². The number of aromatic amines is 1. The maximum absolute atomic E-state index is 9.18. The van der Waals surface area contributed by atoms with Gasteiger partial charge in [-0.2, -0.15) is 0 Å². The van der Waals surface area contributed by atoms with Gasteiger partial charge in [-0.3, -0.25) is 0 Å². The molecule has 0 atom stereocenters. The highest BCUT2D eigenvalue weighted by Gasteiger charge is 2.16. The molecule has 0 saturated heterocycles. The molecule has 4 N–H and O–H groups in total. The van der Waals surface area contributed by atoms with E-state index in [2.05, 4.69) is 19.9 Å². The summed E-state index contributed by atoms with van der Waals surface area (Å²) in [7, 11) is 0. The Labute approximate surface area is 135 Å². The lowest BCUT2D eigenvalue weighted by Gasteiger charge is -2.10. The van der Waals surface area contributed by atoms with E-state index in [0.29, 0.717) is 39.0 Å². The Hall–Kier alpha value is -2.09. The number of halogens is 2. The van der Waals surface area contributed by atoms with Crippen LogP contribution >= 0.6 is 23.2 Å². The number of H-pyrrole nitrogens is 1. The molecule has 0 aliphatic carbocycles. The second-order valence-electron chi connectivity index (χ2n) is 4.46. The average Bonchev–Trinajstić information content (AvgIpc) is 2.92. The predicted molar refractivity (Wildman–Crippen MR) is 82.8 cm³/mol. The Morgan fingerprint density at radius 3 is 2.91 bits per heavy atom. The second-order valence-corrected chi connectivity index (χ2v) is 5.25. The van der Waals surface area contributed by atoms with Gasteiger partial charge in [0.1, 0.15) is 41.7 Å². The summed E-state index contributed by atoms with van der Waals surface area (Å²) < 4.78 is 5.72. The Bertz CT molecular complexity index is 837.